The van der Waals surface area contributed by atoms with Gasteiger partial charge in [-0.1, -0.05) is 6.92 Å². The molecule has 1 aromatic rings. The lowest BCUT2D eigenvalue weighted by molar-refractivity contribution is 0.305. The molecule has 1 atom stereocenters. The monoisotopic (exact) mass is 208 g/mol. The zero-order valence-electron chi connectivity index (χ0n) is 9.61. The molecule has 0 radical (unpaired) electrons. The van der Waals surface area contributed by atoms with Crippen LogP contribution in [-0.2, 0) is 6.54 Å². The van der Waals surface area contributed by atoms with Crippen molar-refractivity contribution in [2.45, 2.75) is 26.8 Å². The van der Waals surface area contributed by atoms with E-state index >= 15 is 0 Å². The average Bonchev–Trinajstić information content (AvgIpc) is 2.70. The molecule has 4 nitrogen and oxygen atoms in total. The first kappa shape index (κ1) is 10.5. The molecule has 2 N–H and O–H groups in total. The fourth-order valence-corrected chi connectivity index (χ4v) is 2.23. The second-order valence-corrected chi connectivity index (χ2v) is 4.63. The molecule has 0 aliphatic carbocycles. The first-order chi connectivity index (χ1) is 7.15. The number of nitrogens with two attached hydrogens (primary N) is 1. The van der Waals surface area contributed by atoms with E-state index in [9.17, 15) is 0 Å². The van der Waals surface area contributed by atoms with Crippen molar-refractivity contribution < 1.29 is 0 Å². The van der Waals surface area contributed by atoms with Gasteiger partial charge in [0.05, 0.1) is 6.54 Å². The minimum absolute atomic E-state index is 0.627. The van der Waals surface area contributed by atoms with Crippen LogP contribution in [-0.4, -0.2) is 34.3 Å². The number of nitrogen functional groups attached to an aromatic ring is 1. The van der Waals surface area contributed by atoms with E-state index in [1.54, 1.807) is 0 Å². The Morgan fingerprint density at radius 2 is 2.33 bits per heavy atom. The molecule has 1 aromatic heterocycles. The van der Waals surface area contributed by atoms with Gasteiger partial charge in [0, 0.05) is 24.8 Å². The van der Waals surface area contributed by atoms with E-state index in [0.717, 1.165) is 24.7 Å². The maximum absolute atomic E-state index is 5.64. The molecule has 0 aromatic carbocycles. The third kappa shape index (κ3) is 2.50. The van der Waals surface area contributed by atoms with E-state index in [4.69, 9.17) is 5.73 Å². The maximum atomic E-state index is 5.64. The second-order valence-electron chi connectivity index (χ2n) is 4.63. The van der Waals surface area contributed by atoms with E-state index in [-0.39, 0.29) is 0 Å². The molecule has 1 aliphatic rings. The predicted octanol–water partition coefficient (Wildman–Crippen LogP) is 1.12. The van der Waals surface area contributed by atoms with Crippen molar-refractivity contribution in [3.05, 3.63) is 11.8 Å². The number of aromatic nitrogens is 2. The van der Waals surface area contributed by atoms with Gasteiger partial charge in [-0.25, -0.2) is 0 Å². The molecule has 0 saturated carbocycles. The maximum Gasteiger partial charge on any atom is 0.145 e. The van der Waals surface area contributed by atoms with E-state index in [1.165, 1.54) is 19.5 Å². The fourth-order valence-electron chi connectivity index (χ4n) is 2.23. The molecule has 1 saturated heterocycles. The van der Waals surface area contributed by atoms with Crippen LogP contribution in [0.15, 0.2) is 6.07 Å². The van der Waals surface area contributed by atoms with Crippen LogP contribution in [0.3, 0.4) is 0 Å². The Morgan fingerprint density at radius 1 is 1.53 bits per heavy atom. The molecule has 4 heteroatoms. The summed E-state index contributed by atoms with van der Waals surface area (Å²) in [6.07, 6.45) is 1.33. The van der Waals surface area contributed by atoms with E-state index in [1.807, 2.05) is 10.7 Å². The summed E-state index contributed by atoms with van der Waals surface area (Å²) in [7, 11) is 0. The smallest absolute Gasteiger partial charge is 0.145 e. The molecule has 0 bridgehead atoms. The molecular weight excluding hydrogens is 188 g/mol. The minimum Gasteiger partial charge on any atom is -0.382 e. The number of hydrogen-bond donors (Lipinski definition) is 1. The Bertz CT molecular complexity index is 331. The van der Waals surface area contributed by atoms with E-state index < -0.39 is 0 Å². The Balaban J connectivity index is 1.85. The van der Waals surface area contributed by atoms with Crippen molar-refractivity contribution in [1.29, 1.82) is 0 Å². The summed E-state index contributed by atoms with van der Waals surface area (Å²) in [4.78, 5) is 2.50. The Morgan fingerprint density at radius 3 is 2.87 bits per heavy atom. The van der Waals surface area contributed by atoms with Crippen molar-refractivity contribution in [3.63, 3.8) is 0 Å². The van der Waals surface area contributed by atoms with Gasteiger partial charge in [0.1, 0.15) is 5.82 Å². The second kappa shape index (κ2) is 4.23. The van der Waals surface area contributed by atoms with Crippen LogP contribution in [0.1, 0.15) is 19.0 Å². The van der Waals surface area contributed by atoms with Crippen molar-refractivity contribution >= 4 is 5.82 Å². The van der Waals surface area contributed by atoms with Gasteiger partial charge in [-0.3, -0.25) is 4.68 Å². The van der Waals surface area contributed by atoms with Gasteiger partial charge in [-0.2, -0.15) is 5.10 Å². The molecule has 0 amide bonds. The number of anilines is 1. The normalized spacial score (nSPS) is 22.4. The van der Waals surface area contributed by atoms with Gasteiger partial charge in [0.25, 0.3) is 0 Å². The Labute approximate surface area is 91.1 Å². The zero-order chi connectivity index (χ0) is 10.8. The molecule has 0 spiro atoms. The summed E-state index contributed by atoms with van der Waals surface area (Å²) in [5, 5.41) is 4.26. The van der Waals surface area contributed by atoms with Crippen LogP contribution in [0.5, 0.6) is 0 Å². The Kier molecular flexibility index (Phi) is 2.95. The van der Waals surface area contributed by atoms with Crippen molar-refractivity contribution in [1.82, 2.24) is 14.7 Å². The summed E-state index contributed by atoms with van der Waals surface area (Å²) in [6, 6.07) is 1.92. The first-order valence-corrected chi connectivity index (χ1v) is 5.67. The van der Waals surface area contributed by atoms with Gasteiger partial charge in [0.2, 0.25) is 0 Å². The highest BCUT2D eigenvalue weighted by Crippen LogP contribution is 2.14. The summed E-state index contributed by atoms with van der Waals surface area (Å²) in [5.41, 5.74) is 6.79. The van der Waals surface area contributed by atoms with Gasteiger partial charge in [-0.05, 0) is 25.8 Å². The lowest BCUT2D eigenvalue weighted by Crippen LogP contribution is -2.25. The highest BCUT2D eigenvalue weighted by Gasteiger charge is 2.18. The van der Waals surface area contributed by atoms with Crippen LogP contribution in [0.25, 0.3) is 0 Å². The Hall–Kier alpha value is -1.03. The topological polar surface area (TPSA) is 47.1 Å². The van der Waals surface area contributed by atoms with Crippen LogP contribution >= 0.6 is 0 Å². The van der Waals surface area contributed by atoms with Crippen LogP contribution < -0.4 is 5.73 Å². The molecule has 1 unspecified atom stereocenters. The lowest BCUT2D eigenvalue weighted by atomic mass is 10.2. The highest BCUT2D eigenvalue weighted by molar-refractivity contribution is 5.28. The van der Waals surface area contributed by atoms with Crippen LogP contribution in [0.2, 0.25) is 0 Å². The zero-order valence-corrected chi connectivity index (χ0v) is 9.61. The number of rotatable bonds is 3. The minimum atomic E-state index is 0.627. The van der Waals surface area contributed by atoms with Gasteiger partial charge in [-0.15, -0.1) is 0 Å². The van der Waals surface area contributed by atoms with Crippen molar-refractivity contribution in [3.8, 4) is 0 Å². The van der Waals surface area contributed by atoms with Crippen LogP contribution in [0.4, 0.5) is 5.82 Å². The standard InChI is InChI=1S/C11H20N4/c1-9-3-4-14(8-9)5-6-15-10(2)7-11(12)13-15/h7,9H,3-6,8H2,1-2H3,(H2,12,13). The molecule has 15 heavy (non-hydrogen) atoms. The van der Waals surface area contributed by atoms with Crippen molar-refractivity contribution in [2.24, 2.45) is 5.92 Å². The number of likely N-dealkylation sites (tertiary alicyclic amines) is 1. The third-order valence-electron chi connectivity index (χ3n) is 3.14. The number of nitrogens with zero attached hydrogens (tertiary/aromatic N) is 3. The third-order valence-corrected chi connectivity index (χ3v) is 3.14. The van der Waals surface area contributed by atoms with Crippen molar-refractivity contribution in [2.75, 3.05) is 25.4 Å². The van der Waals surface area contributed by atoms with Gasteiger partial charge >= 0.3 is 0 Å². The quantitative estimate of drug-likeness (QED) is 0.809. The largest absolute Gasteiger partial charge is 0.382 e. The lowest BCUT2D eigenvalue weighted by Gasteiger charge is -2.15. The van der Waals surface area contributed by atoms with Gasteiger partial charge in [0.15, 0.2) is 0 Å². The number of aryl methyl sites for hydroxylation is 1. The summed E-state index contributed by atoms with van der Waals surface area (Å²) in [5.74, 6) is 1.48. The highest BCUT2D eigenvalue weighted by atomic mass is 15.3. The summed E-state index contributed by atoms with van der Waals surface area (Å²) < 4.78 is 2.00. The average molecular weight is 208 g/mol. The fraction of sp³-hybridized carbons (Fsp3) is 0.727. The SMILES string of the molecule is Cc1cc(N)nn1CCN1CCC(C)C1. The molecule has 2 rings (SSSR count). The van der Waals surface area contributed by atoms with E-state index in [2.05, 4.69) is 23.8 Å². The first-order valence-electron chi connectivity index (χ1n) is 5.67. The molecule has 84 valence electrons. The number of hydrogen-bond acceptors (Lipinski definition) is 3. The van der Waals surface area contributed by atoms with Gasteiger partial charge < -0.3 is 10.6 Å². The summed E-state index contributed by atoms with van der Waals surface area (Å²) >= 11 is 0. The molecule has 1 fully saturated rings. The summed E-state index contributed by atoms with van der Waals surface area (Å²) in [6.45, 7) is 8.88. The molecule has 2 heterocycles. The van der Waals surface area contributed by atoms with E-state index in [0.29, 0.717) is 5.82 Å². The predicted molar refractivity (Wildman–Crippen MR) is 61.6 cm³/mol. The molecule has 1 aliphatic heterocycles. The molecular formula is C11H20N4. The van der Waals surface area contributed by atoms with Crippen LogP contribution in [0, 0.1) is 12.8 Å².